The number of nitrogens with zero attached hydrogens (tertiary/aromatic N) is 4. The lowest BCUT2D eigenvalue weighted by Gasteiger charge is -2.32. The van der Waals surface area contributed by atoms with Gasteiger partial charge in [0.25, 0.3) is 5.56 Å². The number of fused-ring (bicyclic) bond motifs is 1. The van der Waals surface area contributed by atoms with E-state index in [1.54, 1.807) is 33.2 Å². The molecule has 0 saturated carbocycles. The number of amides is 2. The largest absolute Gasteiger partial charge is 0.343 e. The maximum Gasteiger partial charge on any atom is 0.343 e. The van der Waals surface area contributed by atoms with Gasteiger partial charge in [-0.25, -0.2) is 14.7 Å². The summed E-state index contributed by atoms with van der Waals surface area (Å²) in [6, 6.07) is 8.66. The molecule has 1 saturated heterocycles. The van der Waals surface area contributed by atoms with Gasteiger partial charge < -0.3 is 14.8 Å². The van der Waals surface area contributed by atoms with Crippen LogP contribution in [-0.2, 0) is 7.05 Å². The number of carbonyl (C=O) groups excluding carboxylic acids is 1. The highest BCUT2D eigenvalue weighted by Gasteiger charge is 2.24. The number of aromatic amines is 1. The lowest BCUT2D eigenvalue weighted by molar-refractivity contribution is 0.183. The van der Waals surface area contributed by atoms with Crippen molar-refractivity contribution in [2.24, 2.45) is 7.05 Å². The highest BCUT2D eigenvalue weighted by Crippen LogP contribution is 2.22. The second kappa shape index (κ2) is 6.75. The highest BCUT2D eigenvalue weighted by atomic mass is 16.2. The van der Waals surface area contributed by atoms with Gasteiger partial charge in [-0.3, -0.25) is 9.36 Å². The van der Waals surface area contributed by atoms with Crippen molar-refractivity contribution < 1.29 is 4.79 Å². The number of nitrogens with one attached hydrogen (secondary N) is 2. The van der Waals surface area contributed by atoms with Gasteiger partial charge in [0.15, 0.2) is 0 Å². The minimum atomic E-state index is -0.223. The molecule has 9 heteroatoms. The summed E-state index contributed by atoms with van der Waals surface area (Å²) in [6.45, 7) is 1.11. The summed E-state index contributed by atoms with van der Waals surface area (Å²) in [6.07, 6.45) is 2.89. The van der Waals surface area contributed by atoms with Crippen LogP contribution in [0.3, 0.4) is 0 Å². The summed E-state index contributed by atoms with van der Waals surface area (Å²) >= 11 is 0. The van der Waals surface area contributed by atoms with E-state index >= 15 is 0 Å². The van der Waals surface area contributed by atoms with Crippen LogP contribution < -0.4 is 16.6 Å². The number of pyridine rings is 1. The zero-order valence-corrected chi connectivity index (χ0v) is 14.9. The summed E-state index contributed by atoms with van der Waals surface area (Å²) in [5.74, 6) is 0. The molecule has 140 valence electrons. The molecule has 1 aliphatic heterocycles. The second-order valence-corrected chi connectivity index (χ2v) is 6.72. The van der Waals surface area contributed by atoms with E-state index in [0.29, 0.717) is 31.6 Å². The van der Waals surface area contributed by atoms with E-state index in [1.807, 2.05) is 12.1 Å². The predicted octanol–water partition coefficient (Wildman–Crippen LogP) is 1.29. The molecule has 0 aliphatic carbocycles. The Labute approximate surface area is 154 Å². The molecule has 2 N–H and O–H groups in total. The summed E-state index contributed by atoms with van der Waals surface area (Å²) in [4.78, 5) is 37.8. The number of anilines is 1. The van der Waals surface area contributed by atoms with Gasteiger partial charge in [0.1, 0.15) is 6.33 Å². The smallest absolute Gasteiger partial charge is 0.324 e. The first-order valence-corrected chi connectivity index (χ1v) is 8.80. The Morgan fingerprint density at radius 1 is 1.19 bits per heavy atom. The fraction of sp³-hybridized carbons (Fsp3) is 0.333. The van der Waals surface area contributed by atoms with Crippen LogP contribution in [-0.4, -0.2) is 43.4 Å². The van der Waals surface area contributed by atoms with Crippen molar-refractivity contribution in [1.29, 1.82) is 0 Å². The van der Waals surface area contributed by atoms with Crippen molar-refractivity contribution >= 4 is 22.6 Å². The van der Waals surface area contributed by atoms with Gasteiger partial charge in [-0.05, 0) is 36.4 Å². The van der Waals surface area contributed by atoms with E-state index in [1.165, 1.54) is 12.4 Å². The first-order valence-electron chi connectivity index (χ1n) is 8.80. The topological polar surface area (TPSA) is 105 Å². The molecular weight excluding hydrogens is 348 g/mol. The number of rotatable bonds is 2. The van der Waals surface area contributed by atoms with Crippen LogP contribution in [0.1, 0.15) is 18.9 Å². The predicted molar refractivity (Wildman–Crippen MR) is 101 cm³/mol. The molecule has 3 heterocycles. The average Bonchev–Trinajstić information content (AvgIpc) is 3.11. The van der Waals surface area contributed by atoms with Crippen molar-refractivity contribution in [3.05, 3.63) is 57.5 Å². The summed E-state index contributed by atoms with van der Waals surface area (Å²) in [5.41, 5.74) is 1.09. The minimum absolute atomic E-state index is 0.0514. The zero-order chi connectivity index (χ0) is 19.0. The Morgan fingerprint density at radius 3 is 2.63 bits per heavy atom. The Balaban J connectivity index is 1.45. The maximum absolute atomic E-state index is 12.6. The fourth-order valence-electron chi connectivity index (χ4n) is 3.51. The van der Waals surface area contributed by atoms with Gasteiger partial charge in [0.2, 0.25) is 0 Å². The van der Waals surface area contributed by atoms with Gasteiger partial charge in [0, 0.05) is 37.9 Å². The molecule has 0 radical (unpaired) electrons. The van der Waals surface area contributed by atoms with Crippen LogP contribution in [0.15, 0.2) is 46.2 Å². The van der Waals surface area contributed by atoms with Gasteiger partial charge in [0.05, 0.1) is 5.52 Å². The third kappa shape index (κ3) is 3.23. The monoisotopic (exact) mass is 368 g/mol. The summed E-state index contributed by atoms with van der Waals surface area (Å²) < 4.78 is 3.14. The Kier molecular flexibility index (Phi) is 4.27. The second-order valence-electron chi connectivity index (χ2n) is 6.72. The van der Waals surface area contributed by atoms with Gasteiger partial charge in [-0.15, -0.1) is 0 Å². The Bertz CT molecular complexity index is 1100. The molecular formula is C18H20N6O3. The van der Waals surface area contributed by atoms with E-state index in [-0.39, 0.29) is 23.3 Å². The first-order chi connectivity index (χ1) is 13.0. The van der Waals surface area contributed by atoms with Crippen LogP contribution in [0, 0.1) is 0 Å². The first kappa shape index (κ1) is 17.1. The molecule has 27 heavy (non-hydrogen) atoms. The quantitative estimate of drug-likeness (QED) is 0.711. The maximum atomic E-state index is 12.6. The van der Waals surface area contributed by atoms with Crippen molar-refractivity contribution in [3.8, 4) is 0 Å². The van der Waals surface area contributed by atoms with Crippen molar-refractivity contribution in [2.45, 2.75) is 18.9 Å². The number of piperidine rings is 1. The lowest BCUT2D eigenvalue weighted by atomic mass is 10.1. The zero-order valence-electron chi connectivity index (χ0n) is 14.9. The van der Waals surface area contributed by atoms with Crippen LogP contribution in [0.5, 0.6) is 0 Å². The Morgan fingerprint density at radius 2 is 1.93 bits per heavy atom. The number of benzene rings is 1. The molecule has 2 aromatic heterocycles. The highest BCUT2D eigenvalue weighted by molar-refractivity contribution is 5.92. The SMILES string of the molecule is Cn1c(=O)ccc2ccc(NC(=O)N3CCC(n4cn[nH]c4=O)CC3)cc21. The standard InChI is InChI=1S/C18H20N6O3/c1-22-15-10-13(4-2-12(15)3-5-16(22)25)20-17(26)23-8-6-14(7-9-23)24-11-19-21-18(24)27/h2-5,10-11,14H,6-9H2,1H3,(H,20,26)(H,21,27). The lowest BCUT2D eigenvalue weighted by Crippen LogP contribution is -2.42. The van der Waals surface area contributed by atoms with Gasteiger partial charge in [-0.2, -0.15) is 5.10 Å². The van der Waals surface area contributed by atoms with Crippen molar-refractivity contribution in [1.82, 2.24) is 24.2 Å². The fourth-order valence-corrected chi connectivity index (χ4v) is 3.51. The molecule has 2 amide bonds. The molecule has 9 nitrogen and oxygen atoms in total. The molecule has 4 rings (SSSR count). The summed E-state index contributed by atoms with van der Waals surface area (Å²) in [7, 11) is 1.71. The molecule has 0 spiro atoms. The van der Waals surface area contributed by atoms with Crippen LogP contribution in [0.25, 0.3) is 10.9 Å². The van der Waals surface area contributed by atoms with Crippen molar-refractivity contribution in [2.75, 3.05) is 18.4 Å². The van der Waals surface area contributed by atoms with Crippen molar-refractivity contribution in [3.63, 3.8) is 0 Å². The van der Waals surface area contributed by atoms with E-state index in [9.17, 15) is 14.4 Å². The van der Waals surface area contributed by atoms with Crippen LogP contribution in [0.4, 0.5) is 10.5 Å². The van der Waals surface area contributed by atoms with E-state index in [2.05, 4.69) is 15.5 Å². The van der Waals surface area contributed by atoms with Gasteiger partial charge >= 0.3 is 11.7 Å². The van der Waals surface area contributed by atoms with E-state index < -0.39 is 0 Å². The Hall–Kier alpha value is -3.36. The van der Waals surface area contributed by atoms with E-state index in [4.69, 9.17) is 0 Å². The van der Waals surface area contributed by atoms with E-state index in [0.717, 1.165) is 10.9 Å². The number of aryl methyl sites for hydroxylation is 1. The number of hydrogen-bond acceptors (Lipinski definition) is 4. The number of H-pyrrole nitrogens is 1. The number of aromatic nitrogens is 4. The van der Waals surface area contributed by atoms with Crippen LogP contribution in [0.2, 0.25) is 0 Å². The number of carbonyl (C=O) groups is 1. The molecule has 1 aliphatic rings. The molecule has 0 atom stereocenters. The molecule has 0 bridgehead atoms. The number of hydrogen-bond donors (Lipinski definition) is 2. The molecule has 1 aromatic carbocycles. The molecule has 1 fully saturated rings. The number of urea groups is 1. The molecule has 0 unspecified atom stereocenters. The minimum Gasteiger partial charge on any atom is -0.324 e. The number of likely N-dealkylation sites (tertiary alicyclic amines) is 1. The third-order valence-corrected chi connectivity index (χ3v) is 5.10. The summed E-state index contributed by atoms with van der Waals surface area (Å²) in [5, 5.41) is 9.98. The van der Waals surface area contributed by atoms with Crippen LogP contribution >= 0.6 is 0 Å². The molecule has 3 aromatic rings. The third-order valence-electron chi connectivity index (χ3n) is 5.10. The van der Waals surface area contributed by atoms with Gasteiger partial charge in [-0.1, -0.05) is 6.07 Å². The normalized spacial score (nSPS) is 15.2. The average molecular weight is 368 g/mol.